The highest BCUT2D eigenvalue weighted by atomic mass is 32.2. The number of carboxylic acids is 1. The van der Waals surface area contributed by atoms with Crippen molar-refractivity contribution < 1.29 is 35.7 Å². The summed E-state index contributed by atoms with van der Waals surface area (Å²) in [5.74, 6) is -1.71. The molecule has 0 aromatic heterocycles. The average Bonchev–Trinajstić information content (AvgIpc) is 2.49. The van der Waals surface area contributed by atoms with Crippen LogP contribution in [0.4, 0.5) is 13.2 Å². The number of aliphatic carboxylic acids is 1. The summed E-state index contributed by atoms with van der Waals surface area (Å²) in [6.45, 7) is 0. The third-order valence-electron chi connectivity index (χ3n) is 1.54. The molecule has 1 aliphatic heterocycles. The molecule has 0 N–H and O–H groups in total. The van der Waals surface area contributed by atoms with Gasteiger partial charge in [-0.25, -0.2) is 4.18 Å². The number of thioether (sulfide) groups is 1. The van der Waals surface area contributed by atoms with Crippen molar-refractivity contribution in [2.75, 3.05) is 5.75 Å². The lowest BCUT2D eigenvalue weighted by Gasteiger charge is -2.16. The lowest BCUT2D eigenvalue weighted by atomic mass is 10.3. The van der Waals surface area contributed by atoms with E-state index in [0.29, 0.717) is 11.8 Å². The summed E-state index contributed by atoms with van der Waals surface area (Å²) in [6, 6.07) is 0. The maximum atomic E-state index is 11.9. The van der Waals surface area contributed by atoms with E-state index in [9.17, 15) is 31.5 Å². The second kappa shape index (κ2) is 4.26. The van der Waals surface area contributed by atoms with E-state index in [4.69, 9.17) is 0 Å². The van der Waals surface area contributed by atoms with Crippen LogP contribution in [-0.4, -0.2) is 31.1 Å². The number of hydrogen-bond donors (Lipinski definition) is 0. The Morgan fingerprint density at radius 1 is 1.56 bits per heavy atom. The Bertz CT molecular complexity index is 424. The molecule has 0 amide bonds. The number of halogens is 3. The SMILES string of the molecule is O=C([O-])C1=CCSC1OS(=O)(=O)C(F)(F)F. The minimum Gasteiger partial charge on any atom is -0.545 e. The van der Waals surface area contributed by atoms with E-state index >= 15 is 0 Å². The van der Waals surface area contributed by atoms with Gasteiger partial charge in [-0.15, -0.1) is 11.8 Å². The Morgan fingerprint density at radius 3 is 2.56 bits per heavy atom. The van der Waals surface area contributed by atoms with Crippen LogP contribution in [0.5, 0.6) is 0 Å². The van der Waals surface area contributed by atoms with Crippen molar-refractivity contribution in [2.45, 2.75) is 10.9 Å². The zero-order chi connectivity index (χ0) is 12.6. The Hall–Kier alpha value is -0.740. The number of carbonyl (C=O) groups is 1. The standard InChI is InChI=1S/C6H5F3O5S2/c7-6(8,9)16(12,13)14-5-3(4(10)11)1-2-15-5/h1,5H,2H2,(H,10,11)/p-1. The molecule has 0 fully saturated rings. The van der Waals surface area contributed by atoms with Crippen molar-refractivity contribution in [1.29, 1.82) is 0 Å². The molecule has 0 saturated carbocycles. The van der Waals surface area contributed by atoms with E-state index in [0.717, 1.165) is 6.08 Å². The molecule has 0 aromatic carbocycles. The Morgan fingerprint density at radius 2 is 2.12 bits per heavy atom. The molecular weight excluding hydrogens is 273 g/mol. The smallest absolute Gasteiger partial charge is 0.523 e. The monoisotopic (exact) mass is 277 g/mol. The van der Waals surface area contributed by atoms with Crippen LogP contribution in [0, 0.1) is 0 Å². The molecule has 1 aliphatic rings. The largest absolute Gasteiger partial charge is 0.545 e. The third kappa shape index (κ3) is 2.68. The second-order valence-corrected chi connectivity index (χ2v) is 5.27. The van der Waals surface area contributed by atoms with Crippen LogP contribution in [0.25, 0.3) is 0 Å². The summed E-state index contributed by atoms with van der Waals surface area (Å²) < 4.78 is 60.6. The van der Waals surface area contributed by atoms with Gasteiger partial charge in [-0.05, 0) is 0 Å². The Kier molecular flexibility index (Phi) is 3.55. The first-order chi connectivity index (χ1) is 7.15. The van der Waals surface area contributed by atoms with Crippen molar-refractivity contribution in [3.8, 4) is 0 Å². The maximum absolute atomic E-state index is 11.9. The van der Waals surface area contributed by atoms with Crippen LogP contribution in [0.3, 0.4) is 0 Å². The fourth-order valence-corrected chi connectivity index (χ4v) is 2.64. The van der Waals surface area contributed by atoms with E-state index < -0.39 is 32.6 Å². The quantitative estimate of drug-likeness (QED) is 0.515. The zero-order valence-electron chi connectivity index (χ0n) is 7.35. The second-order valence-electron chi connectivity index (χ2n) is 2.61. The number of carbonyl (C=O) groups excluding carboxylic acids is 1. The van der Waals surface area contributed by atoms with Crippen molar-refractivity contribution >= 4 is 27.8 Å². The topological polar surface area (TPSA) is 83.5 Å². The number of carboxylic acid groups (broad SMARTS) is 1. The van der Waals surface area contributed by atoms with Crippen LogP contribution >= 0.6 is 11.8 Å². The lowest BCUT2D eigenvalue weighted by Crippen LogP contribution is -2.34. The fraction of sp³-hybridized carbons (Fsp3) is 0.500. The van der Waals surface area contributed by atoms with Gasteiger partial charge < -0.3 is 9.90 Å². The maximum Gasteiger partial charge on any atom is 0.523 e. The van der Waals surface area contributed by atoms with E-state index in [-0.39, 0.29) is 5.75 Å². The van der Waals surface area contributed by atoms with Gasteiger partial charge in [0.15, 0.2) is 0 Å². The highest BCUT2D eigenvalue weighted by Crippen LogP contribution is 2.33. The predicted molar refractivity (Wildman–Crippen MR) is 45.4 cm³/mol. The van der Waals surface area contributed by atoms with Crippen molar-refractivity contribution in [3.05, 3.63) is 11.6 Å². The van der Waals surface area contributed by atoms with Crippen LogP contribution in [0.2, 0.25) is 0 Å². The van der Waals surface area contributed by atoms with Crippen LogP contribution in [0.15, 0.2) is 11.6 Å². The first kappa shape index (κ1) is 13.3. The highest BCUT2D eigenvalue weighted by molar-refractivity contribution is 8.01. The van der Waals surface area contributed by atoms with Gasteiger partial charge in [0, 0.05) is 11.3 Å². The normalized spacial score (nSPS) is 21.9. The average molecular weight is 277 g/mol. The number of hydrogen-bond acceptors (Lipinski definition) is 6. The Balaban J connectivity index is 2.85. The van der Waals surface area contributed by atoms with E-state index in [2.05, 4.69) is 4.18 Å². The first-order valence-electron chi connectivity index (χ1n) is 3.67. The van der Waals surface area contributed by atoms with Gasteiger partial charge in [-0.3, -0.25) is 0 Å². The number of rotatable bonds is 3. The summed E-state index contributed by atoms with van der Waals surface area (Å²) in [5, 5.41) is 10.4. The molecule has 0 saturated heterocycles. The van der Waals surface area contributed by atoms with Gasteiger partial charge in [-0.1, -0.05) is 6.08 Å². The van der Waals surface area contributed by atoms with Crippen LogP contribution < -0.4 is 5.11 Å². The van der Waals surface area contributed by atoms with E-state index in [1.165, 1.54) is 0 Å². The van der Waals surface area contributed by atoms with Gasteiger partial charge in [0.25, 0.3) is 0 Å². The zero-order valence-corrected chi connectivity index (χ0v) is 8.99. The predicted octanol–water partition coefficient (Wildman–Crippen LogP) is -0.398. The van der Waals surface area contributed by atoms with Gasteiger partial charge in [-0.2, -0.15) is 21.6 Å². The fourth-order valence-electron chi connectivity index (χ4n) is 0.840. The molecule has 0 spiro atoms. The molecule has 0 radical (unpaired) electrons. The van der Waals surface area contributed by atoms with E-state index in [1.54, 1.807) is 0 Å². The molecule has 92 valence electrons. The molecular formula is C6H4F3O5S2-. The Labute approximate surface area is 92.4 Å². The van der Waals surface area contributed by atoms with Crippen LogP contribution in [0.1, 0.15) is 0 Å². The molecule has 10 heteroatoms. The highest BCUT2D eigenvalue weighted by Gasteiger charge is 2.49. The van der Waals surface area contributed by atoms with Gasteiger partial charge >= 0.3 is 15.6 Å². The minimum absolute atomic E-state index is 0.0430. The first-order valence-corrected chi connectivity index (χ1v) is 6.13. The molecule has 1 unspecified atom stereocenters. The summed E-state index contributed by atoms with van der Waals surface area (Å²) in [7, 11) is -5.80. The summed E-state index contributed by atoms with van der Waals surface area (Å²) in [5.41, 5.74) is -7.90. The summed E-state index contributed by atoms with van der Waals surface area (Å²) in [4.78, 5) is 10.4. The van der Waals surface area contributed by atoms with Gasteiger partial charge in [0.05, 0.1) is 5.97 Å². The van der Waals surface area contributed by atoms with Crippen molar-refractivity contribution in [2.24, 2.45) is 0 Å². The van der Waals surface area contributed by atoms with Crippen molar-refractivity contribution in [1.82, 2.24) is 0 Å². The van der Waals surface area contributed by atoms with E-state index in [1.807, 2.05) is 0 Å². The molecule has 5 nitrogen and oxygen atoms in total. The minimum atomic E-state index is -5.80. The van der Waals surface area contributed by atoms with Crippen LogP contribution in [-0.2, 0) is 19.1 Å². The molecule has 16 heavy (non-hydrogen) atoms. The van der Waals surface area contributed by atoms with Crippen molar-refractivity contribution in [3.63, 3.8) is 0 Å². The molecule has 1 rings (SSSR count). The molecule has 0 aromatic rings. The van der Waals surface area contributed by atoms with Gasteiger partial charge in [0.2, 0.25) is 0 Å². The number of alkyl halides is 3. The molecule has 0 bridgehead atoms. The lowest BCUT2D eigenvalue weighted by molar-refractivity contribution is -0.299. The molecule has 1 heterocycles. The molecule has 1 atom stereocenters. The third-order valence-corrected chi connectivity index (χ3v) is 3.68. The summed E-state index contributed by atoms with van der Waals surface area (Å²) >= 11 is 0.607. The summed E-state index contributed by atoms with van der Waals surface area (Å²) in [6.07, 6.45) is 1.04. The molecule has 0 aliphatic carbocycles. The van der Waals surface area contributed by atoms with Gasteiger partial charge in [0.1, 0.15) is 5.44 Å².